The molecule has 6 atom stereocenters. The number of esters is 1. The summed E-state index contributed by atoms with van der Waals surface area (Å²) >= 11 is 0. The highest BCUT2D eigenvalue weighted by molar-refractivity contribution is 7.52. The Labute approximate surface area is 245 Å². The number of rotatable bonds is 11. The second-order valence-corrected chi connectivity index (χ2v) is 12.1. The standard InChI is InChI=1S/C28H32F2N3O9P/c1-16(2)40-25(36)17(3)32-43(38,42-21-11-7-19(8-12-21)18-5-9-20(29)10-6-18)39-15-22-24(35)28(4,30)26(41-22)33-14-13-23(34)31-27(33)37/h5-14,16-17,22,24,26,35H,15H2,1-4H3,(H,32,38)(H,31,34,37)/t17-,22+,24?,26+,28+,43?/m0/s1. The number of carbonyl (C=O) groups excluding carboxylic acids is 1. The molecule has 1 saturated heterocycles. The Kier molecular flexibility index (Phi) is 9.67. The van der Waals surface area contributed by atoms with E-state index in [0.29, 0.717) is 11.1 Å². The highest BCUT2D eigenvalue weighted by Gasteiger charge is 2.56. The van der Waals surface area contributed by atoms with Gasteiger partial charge in [-0.05, 0) is 63.1 Å². The van der Waals surface area contributed by atoms with Crippen molar-refractivity contribution in [2.45, 2.75) is 63.9 Å². The van der Waals surface area contributed by atoms with Gasteiger partial charge in [0.15, 0.2) is 11.9 Å². The van der Waals surface area contributed by atoms with Crippen molar-refractivity contribution in [3.8, 4) is 16.9 Å². The first kappa shape index (κ1) is 32.2. The monoisotopic (exact) mass is 623 g/mol. The molecule has 3 aromatic rings. The normalized spacial score (nSPS) is 24.0. The van der Waals surface area contributed by atoms with Crippen molar-refractivity contribution >= 4 is 13.7 Å². The first-order valence-electron chi connectivity index (χ1n) is 13.3. The van der Waals surface area contributed by atoms with Crippen LogP contribution in [-0.4, -0.2) is 57.3 Å². The van der Waals surface area contributed by atoms with Gasteiger partial charge < -0.3 is 19.1 Å². The zero-order valence-corrected chi connectivity index (χ0v) is 24.6. The topological polar surface area (TPSA) is 158 Å². The third-order valence-corrected chi connectivity index (χ3v) is 8.19. The van der Waals surface area contributed by atoms with Gasteiger partial charge in [-0.1, -0.05) is 24.3 Å². The van der Waals surface area contributed by atoms with E-state index in [0.717, 1.165) is 23.8 Å². The number of hydrogen-bond donors (Lipinski definition) is 3. The second kappa shape index (κ2) is 12.9. The van der Waals surface area contributed by atoms with Gasteiger partial charge in [0.2, 0.25) is 0 Å². The number of ether oxygens (including phenoxy) is 2. The molecule has 232 valence electrons. The molecule has 0 radical (unpaired) electrons. The van der Waals surface area contributed by atoms with E-state index in [9.17, 15) is 28.4 Å². The number of aliphatic hydroxyl groups is 1. The number of H-pyrrole nitrogens is 1. The van der Waals surface area contributed by atoms with Crippen LogP contribution in [0.1, 0.15) is 33.9 Å². The maximum atomic E-state index is 15.6. The Hall–Kier alpha value is -3.68. The van der Waals surface area contributed by atoms with Gasteiger partial charge in [-0.3, -0.25) is 23.7 Å². The molecule has 2 heterocycles. The number of aliphatic hydroxyl groups excluding tert-OH is 1. The van der Waals surface area contributed by atoms with Crippen molar-refractivity contribution in [1.82, 2.24) is 14.6 Å². The third-order valence-electron chi connectivity index (χ3n) is 6.54. The number of aromatic nitrogens is 2. The van der Waals surface area contributed by atoms with Crippen LogP contribution in [0.25, 0.3) is 11.1 Å². The first-order chi connectivity index (χ1) is 20.2. The number of nitrogens with one attached hydrogen (secondary N) is 2. The number of hydrogen-bond acceptors (Lipinski definition) is 9. The van der Waals surface area contributed by atoms with Gasteiger partial charge >= 0.3 is 19.4 Å². The Bertz CT molecular complexity index is 1590. The van der Waals surface area contributed by atoms with Crippen molar-refractivity contribution in [1.29, 1.82) is 0 Å². The fourth-order valence-corrected chi connectivity index (χ4v) is 5.84. The van der Waals surface area contributed by atoms with Crippen molar-refractivity contribution in [3.05, 3.63) is 87.4 Å². The predicted octanol–water partition coefficient (Wildman–Crippen LogP) is 3.46. The molecule has 4 rings (SSSR count). The summed E-state index contributed by atoms with van der Waals surface area (Å²) in [7, 11) is -4.45. The highest BCUT2D eigenvalue weighted by atomic mass is 31.2. The fourth-order valence-electron chi connectivity index (χ4n) is 4.34. The van der Waals surface area contributed by atoms with Gasteiger partial charge in [0, 0.05) is 12.3 Å². The SMILES string of the molecule is CC(C)OC(=O)[C@H](C)NP(=O)(OC[C@H]1O[C@@H](n2ccc(=O)[nH]c2=O)[C@](C)(F)C1O)Oc1ccc(-c2ccc(F)cc2)cc1. The lowest BCUT2D eigenvalue weighted by Gasteiger charge is -2.25. The minimum Gasteiger partial charge on any atom is -0.462 e. The Morgan fingerprint density at radius 3 is 2.30 bits per heavy atom. The van der Waals surface area contributed by atoms with Crippen molar-refractivity contribution < 1.29 is 41.8 Å². The molecule has 0 saturated carbocycles. The van der Waals surface area contributed by atoms with Crippen LogP contribution in [0.15, 0.2) is 70.4 Å². The largest absolute Gasteiger partial charge is 0.462 e. The average Bonchev–Trinajstić information content (AvgIpc) is 3.16. The van der Waals surface area contributed by atoms with Crippen LogP contribution in [0.2, 0.25) is 0 Å². The average molecular weight is 624 g/mol. The summed E-state index contributed by atoms with van der Waals surface area (Å²) < 4.78 is 65.5. The summed E-state index contributed by atoms with van der Waals surface area (Å²) in [6.45, 7) is 4.95. The molecule has 1 fully saturated rings. The molecular formula is C28H32F2N3O9P. The minimum absolute atomic E-state index is 0.0620. The van der Waals surface area contributed by atoms with Crippen LogP contribution in [-0.2, 0) is 23.4 Å². The van der Waals surface area contributed by atoms with Gasteiger partial charge in [0.25, 0.3) is 5.56 Å². The number of benzene rings is 2. The number of nitrogens with zero attached hydrogens (tertiary/aromatic N) is 1. The smallest absolute Gasteiger partial charge is 0.459 e. The second-order valence-electron chi connectivity index (χ2n) is 10.4. The molecule has 2 aromatic carbocycles. The summed E-state index contributed by atoms with van der Waals surface area (Å²) in [6, 6.07) is 11.8. The van der Waals surface area contributed by atoms with Crippen LogP contribution in [0.3, 0.4) is 0 Å². The van der Waals surface area contributed by atoms with E-state index in [-0.39, 0.29) is 11.6 Å². The summed E-state index contributed by atoms with van der Waals surface area (Å²) in [4.78, 5) is 38.1. The van der Waals surface area contributed by atoms with Crippen LogP contribution >= 0.6 is 7.75 Å². The van der Waals surface area contributed by atoms with Crippen LogP contribution in [0, 0.1) is 5.82 Å². The fraction of sp³-hybridized carbons (Fsp3) is 0.393. The van der Waals surface area contributed by atoms with Gasteiger partial charge in [-0.2, -0.15) is 5.09 Å². The van der Waals surface area contributed by atoms with E-state index >= 15 is 4.39 Å². The molecule has 0 spiro atoms. The van der Waals surface area contributed by atoms with E-state index < -0.39 is 67.8 Å². The number of alkyl halides is 1. The summed E-state index contributed by atoms with van der Waals surface area (Å²) in [5, 5.41) is 13.2. The van der Waals surface area contributed by atoms with Gasteiger partial charge in [-0.25, -0.2) is 18.1 Å². The highest BCUT2D eigenvalue weighted by Crippen LogP contribution is 2.47. The Morgan fingerprint density at radius 2 is 1.72 bits per heavy atom. The molecule has 12 nitrogen and oxygen atoms in total. The summed E-state index contributed by atoms with van der Waals surface area (Å²) in [5.74, 6) is -1.08. The van der Waals surface area contributed by atoms with Crippen molar-refractivity contribution in [2.75, 3.05) is 6.61 Å². The maximum absolute atomic E-state index is 15.6. The molecule has 43 heavy (non-hydrogen) atoms. The molecule has 0 amide bonds. The third kappa shape index (κ3) is 7.64. The number of carbonyl (C=O) groups is 1. The van der Waals surface area contributed by atoms with Crippen LogP contribution < -0.4 is 20.9 Å². The van der Waals surface area contributed by atoms with E-state index in [1.54, 1.807) is 38.1 Å². The van der Waals surface area contributed by atoms with E-state index in [4.69, 9.17) is 18.5 Å². The van der Waals surface area contributed by atoms with E-state index in [1.165, 1.54) is 31.2 Å². The van der Waals surface area contributed by atoms with E-state index in [1.807, 2.05) is 4.98 Å². The van der Waals surface area contributed by atoms with Gasteiger partial charge in [0.05, 0.1) is 12.7 Å². The molecule has 0 aliphatic carbocycles. The lowest BCUT2D eigenvalue weighted by molar-refractivity contribution is -0.149. The summed E-state index contributed by atoms with van der Waals surface area (Å²) in [6.07, 6.45) is -4.41. The molecule has 3 N–H and O–H groups in total. The van der Waals surface area contributed by atoms with Crippen LogP contribution in [0.5, 0.6) is 5.75 Å². The predicted molar refractivity (Wildman–Crippen MR) is 151 cm³/mol. The zero-order chi connectivity index (χ0) is 31.5. The zero-order valence-electron chi connectivity index (χ0n) is 23.7. The Balaban J connectivity index is 1.55. The van der Waals surface area contributed by atoms with Gasteiger partial charge in [0.1, 0.15) is 29.8 Å². The van der Waals surface area contributed by atoms with Crippen molar-refractivity contribution in [2.24, 2.45) is 0 Å². The van der Waals surface area contributed by atoms with Crippen molar-refractivity contribution in [3.63, 3.8) is 0 Å². The number of halogens is 2. The lowest BCUT2D eigenvalue weighted by atomic mass is 9.98. The first-order valence-corrected chi connectivity index (χ1v) is 14.8. The van der Waals surface area contributed by atoms with Gasteiger partial charge in [-0.15, -0.1) is 0 Å². The minimum atomic E-state index is -4.45. The molecule has 2 unspecified atom stereocenters. The molecular weight excluding hydrogens is 591 g/mol. The molecule has 15 heteroatoms. The maximum Gasteiger partial charge on any atom is 0.459 e. The summed E-state index contributed by atoms with van der Waals surface area (Å²) in [5.41, 5.74) is -2.78. The van der Waals surface area contributed by atoms with Crippen LogP contribution in [0.4, 0.5) is 8.78 Å². The number of aromatic amines is 1. The molecule has 1 aromatic heterocycles. The lowest BCUT2D eigenvalue weighted by Crippen LogP contribution is -2.43. The quantitative estimate of drug-likeness (QED) is 0.213. The molecule has 1 aliphatic rings. The Morgan fingerprint density at radius 1 is 1.12 bits per heavy atom. The molecule has 1 aliphatic heterocycles. The molecule has 0 bridgehead atoms. The van der Waals surface area contributed by atoms with E-state index in [2.05, 4.69) is 5.09 Å².